The highest BCUT2D eigenvalue weighted by molar-refractivity contribution is 6.65. The third-order valence-corrected chi connectivity index (χ3v) is 4.55. The number of aliphatic carboxylic acids is 1. The van der Waals surface area contributed by atoms with E-state index in [0.717, 1.165) is 22.3 Å². The van der Waals surface area contributed by atoms with Gasteiger partial charge in [0.15, 0.2) is 0 Å². The second-order valence-corrected chi connectivity index (χ2v) is 6.30. The van der Waals surface area contributed by atoms with Crippen LogP contribution in [0.5, 0.6) is 0 Å². The summed E-state index contributed by atoms with van der Waals surface area (Å²) in [7, 11) is 0. The predicted molar refractivity (Wildman–Crippen MR) is 95.1 cm³/mol. The van der Waals surface area contributed by atoms with E-state index in [2.05, 4.69) is 5.32 Å². The maximum atomic E-state index is 12.0. The van der Waals surface area contributed by atoms with Crippen molar-refractivity contribution in [3.8, 4) is 11.1 Å². The van der Waals surface area contributed by atoms with Crippen molar-refractivity contribution in [3.63, 3.8) is 0 Å². The van der Waals surface area contributed by atoms with Crippen LogP contribution in [-0.4, -0.2) is 35.1 Å². The van der Waals surface area contributed by atoms with E-state index in [0.29, 0.717) is 0 Å². The van der Waals surface area contributed by atoms with E-state index in [4.69, 9.17) is 21.4 Å². The standard InChI is InChI=1S/C19H16ClNO5/c20-18(24)16(9-17(22)23)21-19(25)26-10-15-13-7-3-1-5-11(13)12-6-2-4-8-14(12)15/h1-8,15-16H,9-10H2,(H,21,25)(H,22,23). The molecular formula is C19H16ClNO5. The van der Waals surface area contributed by atoms with Gasteiger partial charge in [-0.1, -0.05) is 48.5 Å². The lowest BCUT2D eigenvalue weighted by atomic mass is 9.98. The molecule has 2 aromatic rings. The zero-order valence-electron chi connectivity index (χ0n) is 13.6. The number of carboxylic acid groups (broad SMARTS) is 1. The molecule has 1 atom stereocenters. The van der Waals surface area contributed by atoms with Crippen molar-refractivity contribution >= 4 is 28.9 Å². The summed E-state index contributed by atoms with van der Waals surface area (Å²) in [6.07, 6.45) is -1.49. The molecule has 0 spiro atoms. The lowest BCUT2D eigenvalue weighted by Gasteiger charge is -2.16. The fourth-order valence-corrected chi connectivity index (χ4v) is 3.28. The smallest absolute Gasteiger partial charge is 0.407 e. The lowest BCUT2D eigenvalue weighted by Crippen LogP contribution is -2.41. The van der Waals surface area contributed by atoms with Crippen molar-refractivity contribution in [2.75, 3.05) is 6.61 Å². The average molecular weight is 374 g/mol. The number of hydrogen-bond acceptors (Lipinski definition) is 4. The van der Waals surface area contributed by atoms with E-state index in [9.17, 15) is 14.4 Å². The highest BCUT2D eigenvalue weighted by Gasteiger charge is 2.29. The van der Waals surface area contributed by atoms with Crippen molar-refractivity contribution in [1.82, 2.24) is 5.32 Å². The minimum Gasteiger partial charge on any atom is -0.481 e. The van der Waals surface area contributed by atoms with Crippen LogP contribution in [-0.2, 0) is 14.3 Å². The Morgan fingerprint density at radius 1 is 1.04 bits per heavy atom. The third kappa shape index (κ3) is 3.70. The normalized spacial score (nSPS) is 13.4. The molecule has 0 saturated carbocycles. The van der Waals surface area contributed by atoms with Gasteiger partial charge in [-0.3, -0.25) is 9.59 Å². The van der Waals surface area contributed by atoms with E-state index in [-0.39, 0.29) is 12.5 Å². The van der Waals surface area contributed by atoms with Crippen molar-refractivity contribution in [2.45, 2.75) is 18.4 Å². The molecule has 0 saturated heterocycles. The number of carbonyl (C=O) groups is 3. The van der Waals surface area contributed by atoms with Crippen LogP contribution in [0.15, 0.2) is 48.5 Å². The second-order valence-electron chi connectivity index (χ2n) is 5.92. The average Bonchev–Trinajstić information content (AvgIpc) is 2.93. The van der Waals surface area contributed by atoms with Crippen molar-refractivity contribution in [3.05, 3.63) is 59.7 Å². The van der Waals surface area contributed by atoms with Gasteiger partial charge in [0.05, 0.1) is 6.42 Å². The number of carbonyl (C=O) groups excluding carboxylic acids is 2. The highest BCUT2D eigenvalue weighted by atomic mass is 35.5. The molecular weight excluding hydrogens is 358 g/mol. The van der Waals surface area contributed by atoms with Gasteiger partial charge in [0, 0.05) is 5.92 Å². The molecule has 2 aromatic carbocycles. The molecule has 0 aliphatic heterocycles. The minimum atomic E-state index is -1.33. The fraction of sp³-hybridized carbons (Fsp3) is 0.211. The zero-order valence-corrected chi connectivity index (χ0v) is 14.4. The zero-order chi connectivity index (χ0) is 18.7. The molecule has 1 aliphatic rings. The molecule has 3 rings (SSSR count). The summed E-state index contributed by atoms with van der Waals surface area (Å²) in [6, 6.07) is 14.4. The summed E-state index contributed by atoms with van der Waals surface area (Å²) in [5, 5.41) is 10.0. The quantitative estimate of drug-likeness (QED) is 0.759. The number of nitrogens with one attached hydrogen (secondary N) is 1. The number of hydrogen-bond donors (Lipinski definition) is 2. The Labute approximate surface area is 154 Å². The Hall–Kier alpha value is -2.86. The summed E-state index contributed by atoms with van der Waals surface area (Å²) in [6.45, 7) is 0.0656. The Morgan fingerprint density at radius 3 is 2.08 bits per heavy atom. The van der Waals surface area contributed by atoms with Crippen molar-refractivity contribution < 1.29 is 24.2 Å². The van der Waals surface area contributed by atoms with E-state index >= 15 is 0 Å². The van der Waals surface area contributed by atoms with Gasteiger partial charge in [0.1, 0.15) is 12.6 Å². The maximum absolute atomic E-state index is 12.0. The highest BCUT2D eigenvalue weighted by Crippen LogP contribution is 2.44. The molecule has 134 valence electrons. The van der Waals surface area contributed by atoms with Gasteiger partial charge in [-0.25, -0.2) is 4.79 Å². The third-order valence-electron chi connectivity index (χ3n) is 4.29. The molecule has 0 aromatic heterocycles. The summed E-state index contributed by atoms with van der Waals surface area (Å²) in [5.41, 5.74) is 4.29. The SMILES string of the molecule is O=C(O)CC(NC(=O)OCC1c2ccccc2-c2ccccc21)C(=O)Cl. The van der Waals surface area contributed by atoms with Gasteiger partial charge in [-0.05, 0) is 33.9 Å². The number of amides is 1. The van der Waals surface area contributed by atoms with Crippen molar-refractivity contribution in [2.24, 2.45) is 0 Å². The molecule has 1 amide bonds. The van der Waals surface area contributed by atoms with Gasteiger partial charge in [0.2, 0.25) is 5.24 Å². The largest absolute Gasteiger partial charge is 0.481 e. The van der Waals surface area contributed by atoms with Crippen LogP contribution in [0.2, 0.25) is 0 Å². The first kappa shape index (κ1) is 17.9. The van der Waals surface area contributed by atoms with E-state index in [1.807, 2.05) is 48.5 Å². The molecule has 2 N–H and O–H groups in total. The van der Waals surface area contributed by atoms with Crippen molar-refractivity contribution in [1.29, 1.82) is 0 Å². The van der Waals surface area contributed by atoms with Crippen LogP contribution < -0.4 is 5.32 Å². The Morgan fingerprint density at radius 2 is 1.58 bits per heavy atom. The van der Waals surface area contributed by atoms with Gasteiger partial charge >= 0.3 is 12.1 Å². The van der Waals surface area contributed by atoms with Gasteiger partial charge in [-0.2, -0.15) is 0 Å². The first-order valence-corrected chi connectivity index (χ1v) is 8.38. The van der Waals surface area contributed by atoms with Crippen LogP contribution >= 0.6 is 11.6 Å². The number of rotatable bonds is 6. The molecule has 6 nitrogen and oxygen atoms in total. The minimum absolute atomic E-state index is 0.0656. The van der Waals surface area contributed by atoms with Gasteiger partial charge in [0.25, 0.3) is 0 Å². The molecule has 0 fully saturated rings. The number of carboxylic acids is 1. The van der Waals surface area contributed by atoms with Gasteiger partial charge in [-0.15, -0.1) is 0 Å². The number of alkyl carbamates (subject to hydrolysis) is 1. The Kier molecular flexibility index (Phi) is 5.23. The summed E-state index contributed by atoms with van der Waals surface area (Å²) >= 11 is 5.32. The molecule has 1 aliphatic carbocycles. The van der Waals surface area contributed by atoms with E-state index in [1.54, 1.807) is 0 Å². The first-order valence-electron chi connectivity index (χ1n) is 8.00. The second kappa shape index (κ2) is 7.58. The molecule has 7 heteroatoms. The molecule has 0 heterocycles. The van der Waals surface area contributed by atoms with E-state index in [1.165, 1.54) is 0 Å². The Bertz CT molecular complexity index is 821. The van der Waals surface area contributed by atoms with Crippen LogP contribution in [0.4, 0.5) is 4.79 Å². The topological polar surface area (TPSA) is 92.7 Å². The predicted octanol–water partition coefficient (Wildman–Crippen LogP) is 3.13. The summed E-state index contributed by atoms with van der Waals surface area (Å²) in [4.78, 5) is 34.0. The number of halogens is 1. The monoisotopic (exact) mass is 373 g/mol. The molecule has 26 heavy (non-hydrogen) atoms. The number of ether oxygens (including phenoxy) is 1. The fourth-order valence-electron chi connectivity index (χ4n) is 3.14. The lowest BCUT2D eigenvalue weighted by molar-refractivity contribution is -0.138. The number of benzene rings is 2. The Balaban J connectivity index is 1.71. The van der Waals surface area contributed by atoms with Crippen LogP contribution in [0.3, 0.4) is 0 Å². The summed E-state index contributed by atoms with van der Waals surface area (Å²) < 4.78 is 5.25. The molecule has 0 bridgehead atoms. The van der Waals surface area contributed by atoms with Crippen LogP contribution in [0, 0.1) is 0 Å². The molecule has 0 radical (unpaired) electrons. The summed E-state index contributed by atoms with van der Waals surface area (Å²) in [5.74, 6) is -1.37. The molecule has 1 unspecified atom stereocenters. The maximum Gasteiger partial charge on any atom is 0.407 e. The number of fused-ring (bicyclic) bond motifs is 3. The van der Waals surface area contributed by atoms with Gasteiger partial charge < -0.3 is 15.2 Å². The van der Waals surface area contributed by atoms with E-state index < -0.39 is 29.8 Å². The van der Waals surface area contributed by atoms with Crippen LogP contribution in [0.1, 0.15) is 23.5 Å². The first-order chi connectivity index (χ1) is 12.5. The van der Waals surface area contributed by atoms with Crippen LogP contribution in [0.25, 0.3) is 11.1 Å².